The molecule has 3 aliphatic rings. The Bertz CT molecular complexity index is 1020. The van der Waals surface area contributed by atoms with Gasteiger partial charge in [0.05, 0.1) is 24.7 Å². The summed E-state index contributed by atoms with van der Waals surface area (Å²) in [6.45, 7) is 0.539. The smallest absolute Gasteiger partial charge is 0.219 e. The highest BCUT2D eigenvalue weighted by Crippen LogP contribution is 2.39. The lowest BCUT2D eigenvalue weighted by Crippen LogP contribution is -2.58. The minimum Gasteiger partial charge on any atom is -0.489 e. The van der Waals surface area contributed by atoms with E-state index in [0.717, 1.165) is 34.9 Å². The van der Waals surface area contributed by atoms with Crippen LogP contribution in [0.5, 0.6) is 5.75 Å². The zero-order chi connectivity index (χ0) is 19.7. The van der Waals surface area contributed by atoms with Crippen molar-refractivity contribution in [2.45, 2.75) is 31.4 Å². The first-order chi connectivity index (χ1) is 14.2. The van der Waals surface area contributed by atoms with Gasteiger partial charge in [-0.25, -0.2) is 4.99 Å². The first kappa shape index (κ1) is 18.3. The van der Waals surface area contributed by atoms with Crippen molar-refractivity contribution in [3.63, 3.8) is 0 Å². The Labute approximate surface area is 175 Å². The van der Waals surface area contributed by atoms with E-state index in [1.807, 2.05) is 61.5 Å². The number of hydrogen-bond donors (Lipinski definition) is 1. The van der Waals surface area contributed by atoms with Crippen LogP contribution in [0.3, 0.4) is 0 Å². The summed E-state index contributed by atoms with van der Waals surface area (Å²) in [6.07, 6.45) is 11.7. The van der Waals surface area contributed by atoms with E-state index in [1.165, 1.54) is 5.56 Å². The Hall–Kier alpha value is -2.73. The molecule has 2 heterocycles. The van der Waals surface area contributed by atoms with Gasteiger partial charge in [-0.1, -0.05) is 35.9 Å². The molecule has 0 radical (unpaired) electrons. The van der Waals surface area contributed by atoms with Crippen molar-refractivity contribution in [3.05, 3.63) is 89.0 Å². The van der Waals surface area contributed by atoms with Crippen LogP contribution in [0.1, 0.15) is 29.9 Å². The zero-order valence-corrected chi connectivity index (χ0v) is 16.7. The average molecular weight is 406 g/mol. The van der Waals surface area contributed by atoms with Gasteiger partial charge < -0.3 is 4.74 Å². The van der Waals surface area contributed by atoms with Crippen LogP contribution >= 0.6 is 11.6 Å². The third kappa shape index (κ3) is 3.77. The molecule has 1 fully saturated rings. The van der Waals surface area contributed by atoms with Crippen molar-refractivity contribution >= 4 is 24.2 Å². The molecular weight excluding hydrogens is 384 g/mol. The van der Waals surface area contributed by atoms with Crippen molar-refractivity contribution in [1.29, 1.82) is 0 Å². The molecule has 0 spiro atoms. The van der Waals surface area contributed by atoms with Gasteiger partial charge in [0.2, 0.25) is 6.34 Å². The van der Waals surface area contributed by atoms with Crippen LogP contribution in [0.4, 0.5) is 0 Å². The zero-order valence-electron chi connectivity index (χ0n) is 15.9. The molecule has 5 nitrogen and oxygen atoms in total. The minimum atomic E-state index is 0.433. The summed E-state index contributed by atoms with van der Waals surface area (Å²) in [5, 5.41) is 0.740. The maximum absolute atomic E-state index is 5.99. The van der Waals surface area contributed by atoms with Crippen LogP contribution in [-0.4, -0.2) is 23.2 Å². The lowest BCUT2D eigenvalue weighted by Gasteiger charge is -2.40. The molecule has 5 rings (SSSR count). The largest absolute Gasteiger partial charge is 0.489 e. The molecule has 2 aromatic rings. The minimum absolute atomic E-state index is 0.433. The number of ether oxygens (including phenoxy) is 1. The number of nitrogens with one attached hydrogen (secondary N) is 1. The normalized spacial score (nSPS) is 26.7. The van der Waals surface area contributed by atoms with Crippen molar-refractivity contribution in [3.8, 4) is 5.75 Å². The number of halogens is 1. The van der Waals surface area contributed by atoms with Gasteiger partial charge in [0.15, 0.2) is 5.70 Å². The SMILES string of the molecule is Clc1ccc(COc2cccc(C3CC(N[N+]45C=CN=CC4=CN=C5)C3)c2)cc1. The lowest BCUT2D eigenvalue weighted by atomic mass is 9.76. The molecule has 1 unspecified atom stereocenters. The summed E-state index contributed by atoms with van der Waals surface area (Å²) in [5.74, 6) is 1.45. The molecule has 1 aliphatic carbocycles. The first-order valence-electron chi connectivity index (χ1n) is 9.80. The summed E-state index contributed by atoms with van der Waals surface area (Å²) in [6, 6.07) is 16.6. The molecule has 1 N–H and O–H groups in total. The van der Waals surface area contributed by atoms with Gasteiger partial charge in [0.25, 0.3) is 0 Å². The second kappa shape index (κ2) is 7.59. The fourth-order valence-corrected chi connectivity index (χ4v) is 4.07. The molecule has 29 heavy (non-hydrogen) atoms. The van der Waals surface area contributed by atoms with E-state index in [1.54, 1.807) is 0 Å². The Morgan fingerprint density at radius 2 is 1.97 bits per heavy atom. The van der Waals surface area contributed by atoms with Gasteiger partial charge in [0, 0.05) is 5.02 Å². The molecule has 1 saturated carbocycles. The van der Waals surface area contributed by atoms with Crippen LogP contribution in [-0.2, 0) is 6.61 Å². The Morgan fingerprint density at radius 1 is 1.10 bits per heavy atom. The van der Waals surface area contributed by atoms with Crippen molar-refractivity contribution in [2.75, 3.05) is 0 Å². The Balaban J connectivity index is 1.18. The van der Waals surface area contributed by atoms with Crippen LogP contribution in [0.25, 0.3) is 0 Å². The van der Waals surface area contributed by atoms with Gasteiger partial charge >= 0.3 is 0 Å². The fourth-order valence-electron chi connectivity index (χ4n) is 3.95. The van der Waals surface area contributed by atoms with Crippen molar-refractivity contribution < 1.29 is 9.33 Å². The van der Waals surface area contributed by atoms with Crippen LogP contribution in [0.15, 0.2) is 82.8 Å². The van der Waals surface area contributed by atoms with E-state index in [2.05, 4.69) is 33.6 Å². The molecule has 0 amide bonds. The number of rotatable bonds is 6. The van der Waals surface area contributed by atoms with Gasteiger partial charge in [-0.15, -0.1) is 10.0 Å². The predicted molar refractivity (Wildman–Crippen MR) is 116 cm³/mol. The molecule has 146 valence electrons. The maximum atomic E-state index is 5.99. The first-order valence-corrected chi connectivity index (χ1v) is 10.2. The molecule has 0 aromatic heterocycles. The summed E-state index contributed by atoms with van der Waals surface area (Å²) in [4.78, 5) is 8.51. The molecule has 1 atom stereocenters. The third-order valence-corrected chi connectivity index (χ3v) is 5.91. The van der Waals surface area contributed by atoms with E-state index < -0.39 is 0 Å². The number of aliphatic imine (C=N–C) groups is 2. The highest BCUT2D eigenvalue weighted by Gasteiger charge is 2.41. The van der Waals surface area contributed by atoms with E-state index in [0.29, 0.717) is 23.2 Å². The summed E-state index contributed by atoms with van der Waals surface area (Å²) >= 11 is 5.94. The molecular formula is C23H22ClN4O+. The molecule has 2 aromatic carbocycles. The quantitative estimate of drug-likeness (QED) is 0.693. The summed E-state index contributed by atoms with van der Waals surface area (Å²) in [5.41, 5.74) is 7.18. The van der Waals surface area contributed by atoms with Gasteiger partial charge in [-0.05, 0) is 54.2 Å². The lowest BCUT2D eigenvalue weighted by molar-refractivity contribution is -0.788. The molecule has 2 aliphatic heterocycles. The van der Waals surface area contributed by atoms with Crippen molar-refractivity contribution in [1.82, 2.24) is 5.43 Å². The summed E-state index contributed by atoms with van der Waals surface area (Å²) in [7, 11) is 0. The topological polar surface area (TPSA) is 46.0 Å². The second-order valence-electron chi connectivity index (χ2n) is 7.65. The number of fused-ring (bicyclic) bond motifs is 1. The number of allylic oxidation sites excluding steroid dienone is 1. The third-order valence-electron chi connectivity index (χ3n) is 5.66. The second-order valence-corrected chi connectivity index (χ2v) is 8.09. The number of nitrogens with zero attached hydrogens (tertiary/aromatic N) is 3. The van der Waals surface area contributed by atoms with E-state index in [-0.39, 0.29) is 0 Å². The van der Waals surface area contributed by atoms with E-state index in [4.69, 9.17) is 16.3 Å². The highest BCUT2D eigenvalue weighted by molar-refractivity contribution is 6.30. The highest BCUT2D eigenvalue weighted by atomic mass is 35.5. The van der Waals surface area contributed by atoms with Crippen molar-refractivity contribution in [2.24, 2.45) is 9.98 Å². The molecule has 0 bridgehead atoms. The molecule has 0 saturated heterocycles. The van der Waals surface area contributed by atoms with Crippen LogP contribution < -0.4 is 10.2 Å². The van der Waals surface area contributed by atoms with E-state index in [9.17, 15) is 0 Å². The van der Waals surface area contributed by atoms with E-state index >= 15 is 0 Å². The van der Waals surface area contributed by atoms with Gasteiger partial charge in [0.1, 0.15) is 18.6 Å². The predicted octanol–water partition coefficient (Wildman–Crippen LogP) is 4.93. The number of benzene rings is 2. The standard InChI is InChI=1S/C23H22ClN4O/c24-20-6-4-17(5-7-20)15-29-23-3-1-2-18(12-23)19-10-21(11-19)27-28-9-8-25-13-22(28)14-26-16-28/h1-9,12-14,16,19,21,27H,10-11,15H2/q+1. The van der Waals surface area contributed by atoms with Gasteiger partial charge in [-0.3, -0.25) is 4.99 Å². The Kier molecular flexibility index (Phi) is 4.79. The maximum Gasteiger partial charge on any atom is 0.219 e. The van der Waals surface area contributed by atoms with Gasteiger partial charge in [-0.2, -0.15) is 0 Å². The number of quaternary nitrogens is 1. The average Bonchev–Trinajstić information content (AvgIpc) is 3.14. The fraction of sp³-hybridized carbons (Fsp3) is 0.217. The molecule has 6 heteroatoms. The summed E-state index contributed by atoms with van der Waals surface area (Å²) < 4.78 is 6.45. The van der Waals surface area contributed by atoms with Crippen LogP contribution in [0.2, 0.25) is 5.02 Å². The monoisotopic (exact) mass is 405 g/mol. The van der Waals surface area contributed by atoms with Crippen LogP contribution in [0, 0.1) is 0 Å². The Morgan fingerprint density at radius 3 is 2.83 bits per heavy atom. The number of hydrogen-bond acceptors (Lipinski definition) is 4.